The monoisotopic (exact) mass is 404 g/mol. The third kappa shape index (κ3) is 3.36. The van der Waals surface area contributed by atoms with E-state index in [0.717, 1.165) is 17.5 Å². The summed E-state index contributed by atoms with van der Waals surface area (Å²) >= 11 is 0. The van der Waals surface area contributed by atoms with E-state index in [4.69, 9.17) is 0 Å². The number of rotatable bonds is 3. The van der Waals surface area contributed by atoms with Crippen molar-refractivity contribution in [1.82, 2.24) is 19.6 Å². The molecule has 0 radical (unpaired) electrons. The van der Waals surface area contributed by atoms with E-state index in [1.54, 1.807) is 32.7 Å². The highest BCUT2D eigenvalue weighted by molar-refractivity contribution is 5.98. The van der Waals surface area contributed by atoms with E-state index in [0.29, 0.717) is 44.1 Å². The van der Waals surface area contributed by atoms with Crippen molar-refractivity contribution in [1.29, 1.82) is 0 Å². The van der Waals surface area contributed by atoms with Gasteiger partial charge >= 0.3 is 0 Å². The molecule has 0 N–H and O–H groups in total. The Bertz CT molecular complexity index is 1120. The number of benzene rings is 2. The molecule has 0 fully saturated rings. The van der Waals surface area contributed by atoms with Gasteiger partial charge in [0.1, 0.15) is 11.5 Å². The molecule has 0 saturated carbocycles. The molecule has 0 unspecified atom stereocenters. The summed E-state index contributed by atoms with van der Waals surface area (Å²) in [5.74, 6) is -0.615. The Morgan fingerprint density at radius 2 is 1.77 bits per heavy atom. The standard InChI is InChI=1S/C23H21FN4O2/c24-19-7-5-16(6-8-19)14-27-11-12-28-21(23(27)30)13-20(25-28)22(29)26-10-9-17-3-1-2-4-18(17)15-26/h1-8,13H,9-12,14-15H2. The second-order valence-electron chi connectivity index (χ2n) is 7.74. The lowest BCUT2D eigenvalue weighted by Gasteiger charge is -2.28. The van der Waals surface area contributed by atoms with Gasteiger partial charge in [-0.15, -0.1) is 0 Å². The summed E-state index contributed by atoms with van der Waals surface area (Å²) in [6.45, 7) is 2.62. The molecule has 5 rings (SSSR count). The van der Waals surface area contributed by atoms with Crippen molar-refractivity contribution in [2.45, 2.75) is 26.1 Å². The maximum Gasteiger partial charge on any atom is 0.274 e. The highest BCUT2D eigenvalue weighted by Crippen LogP contribution is 2.22. The van der Waals surface area contributed by atoms with Gasteiger partial charge in [-0.25, -0.2) is 4.39 Å². The van der Waals surface area contributed by atoms with E-state index in [9.17, 15) is 14.0 Å². The van der Waals surface area contributed by atoms with E-state index in [2.05, 4.69) is 11.2 Å². The van der Waals surface area contributed by atoms with Crippen molar-refractivity contribution in [3.05, 3.63) is 88.5 Å². The molecule has 0 aliphatic carbocycles. The first kappa shape index (κ1) is 18.5. The molecule has 2 aliphatic heterocycles. The van der Waals surface area contributed by atoms with Gasteiger partial charge < -0.3 is 9.80 Å². The van der Waals surface area contributed by atoms with Crippen LogP contribution in [0.4, 0.5) is 4.39 Å². The number of aromatic nitrogens is 2. The quantitative estimate of drug-likeness (QED) is 0.675. The molecule has 7 heteroatoms. The SMILES string of the molecule is O=C(c1cc2n(n1)CCN(Cc1ccc(F)cc1)C2=O)N1CCc2ccccc2C1. The Kier molecular flexibility index (Phi) is 4.58. The third-order valence-electron chi connectivity index (χ3n) is 5.79. The molecule has 0 saturated heterocycles. The molecule has 3 aromatic rings. The minimum Gasteiger partial charge on any atom is -0.333 e. The molecule has 0 bridgehead atoms. The van der Waals surface area contributed by atoms with Crippen LogP contribution in [-0.2, 0) is 26.1 Å². The van der Waals surface area contributed by atoms with Crippen molar-refractivity contribution in [2.24, 2.45) is 0 Å². The lowest BCUT2D eigenvalue weighted by molar-refractivity contribution is 0.0679. The van der Waals surface area contributed by atoms with E-state index in [-0.39, 0.29) is 17.6 Å². The second-order valence-corrected chi connectivity index (χ2v) is 7.74. The van der Waals surface area contributed by atoms with Gasteiger partial charge in [0.05, 0.1) is 6.54 Å². The van der Waals surface area contributed by atoms with Crippen LogP contribution in [0, 0.1) is 5.82 Å². The van der Waals surface area contributed by atoms with Crippen LogP contribution in [0.1, 0.15) is 37.7 Å². The molecule has 30 heavy (non-hydrogen) atoms. The molecule has 2 aliphatic rings. The average Bonchev–Trinajstić information content (AvgIpc) is 3.21. The molecule has 3 heterocycles. The van der Waals surface area contributed by atoms with Gasteiger partial charge in [0.25, 0.3) is 11.8 Å². The normalized spacial score (nSPS) is 15.7. The third-order valence-corrected chi connectivity index (χ3v) is 5.79. The lowest BCUT2D eigenvalue weighted by Crippen LogP contribution is -2.39. The van der Waals surface area contributed by atoms with Gasteiger partial charge in [-0.05, 0) is 35.2 Å². The molecule has 2 aromatic carbocycles. The Labute approximate surface area is 173 Å². The first-order chi connectivity index (χ1) is 14.6. The number of nitrogens with zero attached hydrogens (tertiary/aromatic N) is 4. The Balaban J connectivity index is 1.32. The maximum atomic E-state index is 13.1. The number of carbonyl (C=O) groups is 2. The van der Waals surface area contributed by atoms with Crippen LogP contribution < -0.4 is 0 Å². The smallest absolute Gasteiger partial charge is 0.274 e. The predicted octanol–water partition coefficient (Wildman–Crippen LogP) is 2.88. The summed E-state index contributed by atoms with van der Waals surface area (Å²) in [4.78, 5) is 29.5. The number of carbonyl (C=O) groups excluding carboxylic acids is 2. The lowest BCUT2D eigenvalue weighted by atomic mass is 10.00. The van der Waals surface area contributed by atoms with E-state index in [1.165, 1.54) is 17.7 Å². The molecular weight excluding hydrogens is 383 g/mol. The number of halogens is 1. The topological polar surface area (TPSA) is 58.4 Å². The van der Waals surface area contributed by atoms with E-state index in [1.807, 2.05) is 18.2 Å². The number of hydrogen-bond acceptors (Lipinski definition) is 3. The average molecular weight is 404 g/mol. The van der Waals surface area contributed by atoms with Crippen LogP contribution in [0.25, 0.3) is 0 Å². The van der Waals surface area contributed by atoms with Gasteiger partial charge in [0, 0.05) is 32.2 Å². The number of amides is 2. The Hall–Kier alpha value is -3.48. The molecule has 152 valence electrons. The molecule has 0 atom stereocenters. The fraction of sp³-hybridized carbons (Fsp3) is 0.261. The summed E-state index contributed by atoms with van der Waals surface area (Å²) in [6, 6.07) is 15.9. The number of fused-ring (bicyclic) bond motifs is 2. The van der Waals surface area contributed by atoms with Gasteiger partial charge in [0.15, 0.2) is 5.69 Å². The fourth-order valence-electron chi connectivity index (χ4n) is 4.14. The van der Waals surface area contributed by atoms with Crippen molar-refractivity contribution >= 4 is 11.8 Å². The number of hydrogen-bond donors (Lipinski definition) is 0. The van der Waals surface area contributed by atoms with Crippen LogP contribution in [0.3, 0.4) is 0 Å². The zero-order valence-electron chi connectivity index (χ0n) is 16.4. The Morgan fingerprint density at radius 1 is 1.00 bits per heavy atom. The Morgan fingerprint density at radius 3 is 2.57 bits per heavy atom. The van der Waals surface area contributed by atoms with Crippen molar-refractivity contribution in [2.75, 3.05) is 13.1 Å². The zero-order chi connectivity index (χ0) is 20.7. The first-order valence-electron chi connectivity index (χ1n) is 10.1. The molecule has 2 amide bonds. The van der Waals surface area contributed by atoms with Crippen LogP contribution in [0.15, 0.2) is 54.6 Å². The summed E-state index contributed by atoms with van der Waals surface area (Å²) < 4.78 is 14.7. The molecular formula is C23H21FN4O2. The minimum absolute atomic E-state index is 0.149. The van der Waals surface area contributed by atoms with Crippen molar-refractivity contribution in [3.8, 4) is 0 Å². The molecule has 1 aromatic heterocycles. The first-order valence-corrected chi connectivity index (χ1v) is 10.1. The van der Waals surface area contributed by atoms with Crippen LogP contribution in [0.2, 0.25) is 0 Å². The van der Waals surface area contributed by atoms with Gasteiger partial charge in [0.2, 0.25) is 0 Å². The van der Waals surface area contributed by atoms with Gasteiger partial charge in [-0.2, -0.15) is 5.10 Å². The highest BCUT2D eigenvalue weighted by atomic mass is 19.1. The van der Waals surface area contributed by atoms with Crippen LogP contribution in [-0.4, -0.2) is 44.5 Å². The summed E-state index contributed by atoms with van der Waals surface area (Å²) in [5.41, 5.74) is 4.02. The van der Waals surface area contributed by atoms with E-state index >= 15 is 0 Å². The maximum absolute atomic E-state index is 13.1. The summed E-state index contributed by atoms with van der Waals surface area (Å²) in [6.07, 6.45) is 0.819. The van der Waals surface area contributed by atoms with Crippen molar-refractivity contribution < 1.29 is 14.0 Å². The van der Waals surface area contributed by atoms with E-state index < -0.39 is 0 Å². The summed E-state index contributed by atoms with van der Waals surface area (Å²) in [5, 5.41) is 4.41. The molecule has 6 nitrogen and oxygen atoms in total. The minimum atomic E-state index is -0.301. The molecule has 0 spiro atoms. The second kappa shape index (κ2) is 7.40. The zero-order valence-corrected chi connectivity index (χ0v) is 16.4. The van der Waals surface area contributed by atoms with Crippen molar-refractivity contribution in [3.63, 3.8) is 0 Å². The largest absolute Gasteiger partial charge is 0.333 e. The summed E-state index contributed by atoms with van der Waals surface area (Å²) in [7, 11) is 0. The van der Waals surface area contributed by atoms with Crippen LogP contribution >= 0.6 is 0 Å². The predicted molar refractivity (Wildman–Crippen MR) is 108 cm³/mol. The van der Waals surface area contributed by atoms with Gasteiger partial charge in [-0.1, -0.05) is 36.4 Å². The van der Waals surface area contributed by atoms with Gasteiger partial charge in [-0.3, -0.25) is 14.3 Å². The fourth-order valence-corrected chi connectivity index (χ4v) is 4.14. The highest BCUT2D eigenvalue weighted by Gasteiger charge is 2.30. The van der Waals surface area contributed by atoms with Crippen LogP contribution in [0.5, 0.6) is 0 Å².